The third kappa shape index (κ3) is 4.66. The minimum Gasteiger partial charge on any atom is -0.338 e. The molecule has 0 fully saturated rings. The van der Waals surface area contributed by atoms with E-state index in [9.17, 15) is 0 Å². The molecule has 0 unspecified atom stereocenters. The number of rotatable bonds is 7. The first-order valence-corrected chi connectivity index (χ1v) is 8.36. The maximum atomic E-state index is 6.17. The highest BCUT2D eigenvalue weighted by molar-refractivity contribution is 6.31. The standard InChI is InChI=1S/C19H20ClN3O/c1-23(12-11-15-7-3-2-4-8-15)14-19-21-18(22-24-19)13-16-9-5-6-10-17(16)20/h2-10H,11-14H2,1H3. The number of halogens is 1. The van der Waals surface area contributed by atoms with Gasteiger partial charge in [-0.3, -0.25) is 4.90 Å². The van der Waals surface area contributed by atoms with Crippen molar-refractivity contribution in [2.24, 2.45) is 0 Å². The van der Waals surface area contributed by atoms with Crippen LogP contribution in [0.5, 0.6) is 0 Å². The molecule has 0 amide bonds. The van der Waals surface area contributed by atoms with E-state index in [-0.39, 0.29) is 0 Å². The van der Waals surface area contributed by atoms with Crippen molar-refractivity contribution in [3.8, 4) is 0 Å². The maximum Gasteiger partial charge on any atom is 0.240 e. The minimum absolute atomic E-state index is 0.580. The summed E-state index contributed by atoms with van der Waals surface area (Å²) < 4.78 is 5.35. The highest BCUT2D eigenvalue weighted by Crippen LogP contribution is 2.17. The van der Waals surface area contributed by atoms with E-state index in [0.29, 0.717) is 24.7 Å². The van der Waals surface area contributed by atoms with Gasteiger partial charge in [-0.05, 0) is 30.7 Å². The van der Waals surface area contributed by atoms with Gasteiger partial charge in [0.25, 0.3) is 0 Å². The van der Waals surface area contributed by atoms with Crippen LogP contribution >= 0.6 is 11.6 Å². The first-order chi connectivity index (χ1) is 11.7. The van der Waals surface area contributed by atoms with Crippen LogP contribution in [0.4, 0.5) is 0 Å². The summed E-state index contributed by atoms with van der Waals surface area (Å²) in [4.78, 5) is 6.64. The van der Waals surface area contributed by atoms with E-state index in [1.165, 1.54) is 5.56 Å². The van der Waals surface area contributed by atoms with Crippen LogP contribution in [0.3, 0.4) is 0 Å². The van der Waals surface area contributed by atoms with E-state index in [1.807, 2.05) is 30.3 Å². The third-order valence-corrected chi connectivity index (χ3v) is 4.22. The van der Waals surface area contributed by atoms with Gasteiger partial charge in [0.15, 0.2) is 5.82 Å². The summed E-state index contributed by atoms with van der Waals surface area (Å²) in [5.41, 5.74) is 2.33. The van der Waals surface area contributed by atoms with Gasteiger partial charge in [-0.2, -0.15) is 4.98 Å². The molecule has 4 nitrogen and oxygen atoms in total. The normalized spacial score (nSPS) is 11.1. The zero-order valence-electron chi connectivity index (χ0n) is 13.7. The molecule has 0 N–H and O–H groups in total. The quantitative estimate of drug-likeness (QED) is 0.651. The highest BCUT2D eigenvalue weighted by atomic mass is 35.5. The summed E-state index contributed by atoms with van der Waals surface area (Å²) in [6, 6.07) is 18.2. The summed E-state index contributed by atoms with van der Waals surface area (Å²) in [6.07, 6.45) is 1.58. The molecule has 5 heteroatoms. The molecule has 124 valence electrons. The molecule has 0 bridgehead atoms. The van der Waals surface area contributed by atoms with Crippen LogP contribution in [0.2, 0.25) is 5.02 Å². The Labute approximate surface area is 147 Å². The molecule has 0 atom stereocenters. The van der Waals surface area contributed by atoms with Crippen molar-refractivity contribution in [1.82, 2.24) is 15.0 Å². The van der Waals surface area contributed by atoms with Crippen molar-refractivity contribution in [2.75, 3.05) is 13.6 Å². The topological polar surface area (TPSA) is 42.2 Å². The van der Waals surface area contributed by atoms with E-state index in [1.54, 1.807) is 0 Å². The van der Waals surface area contributed by atoms with Crippen molar-refractivity contribution in [3.05, 3.63) is 82.5 Å². The van der Waals surface area contributed by atoms with E-state index < -0.39 is 0 Å². The third-order valence-electron chi connectivity index (χ3n) is 3.85. The lowest BCUT2D eigenvalue weighted by molar-refractivity contribution is 0.268. The second kappa shape index (κ2) is 8.08. The van der Waals surface area contributed by atoms with Crippen molar-refractivity contribution in [1.29, 1.82) is 0 Å². The summed E-state index contributed by atoms with van der Waals surface area (Å²) in [5, 5.41) is 4.78. The molecule has 0 saturated heterocycles. The van der Waals surface area contributed by atoms with Gasteiger partial charge in [0.05, 0.1) is 6.54 Å². The Bertz CT molecular complexity index is 773. The van der Waals surface area contributed by atoms with E-state index >= 15 is 0 Å². The van der Waals surface area contributed by atoms with Gasteiger partial charge in [-0.15, -0.1) is 0 Å². The zero-order valence-corrected chi connectivity index (χ0v) is 14.4. The predicted octanol–water partition coefficient (Wildman–Crippen LogP) is 3.99. The van der Waals surface area contributed by atoms with Crippen molar-refractivity contribution in [3.63, 3.8) is 0 Å². The Hall–Kier alpha value is -2.17. The lowest BCUT2D eigenvalue weighted by atomic mass is 10.1. The Morgan fingerprint density at radius 1 is 1.04 bits per heavy atom. The fourth-order valence-corrected chi connectivity index (χ4v) is 2.72. The minimum atomic E-state index is 0.580. The lowest BCUT2D eigenvalue weighted by Crippen LogP contribution is -2.20. The van der Waals surface area contributed by atoms with Gasteiger partial charge in [0, 0.05) is 18.0 Å². The molecule has 2 aromatic carbocycles. The van der Waals surface area contributed by atoms with Crippen molar-refractivity contribution >= 4 is 11.6 Å². The predicted molar refractivity (Wildman–Crippen MR) is 95.0 cm³/mol. The van der Waals surface area contributed by atoms with Crippen LogP contribution in [0.1, 0.15) is 22.8 Å². The first-order valence-electron chi connectivity index (χ1n) is 7.98. The average Bonchev–Trinajstić information content (AvgIpc) is 3.03. The van der Waals surface area contributed by atoms with Gasteiger partial charge >= 0.3 is 0 Å². The van der Waals surface area contributed by atoms with Gasteiger partial charge < -0.3 is 4.52 Å². The average molecular weight is 342 g/mol. The van der Waals surface area contributed by atoms with Crippen LogP contribution in [0, 0.1) is 0 Å². The van der Waals surface area contributed by atoms with Crippen LogP contribution in [0.15, 0.2) is 59.1 Å². The largest absolute Gasteiger partial charge is 0.338 e. The second-order valence-corrected chi connectivity index (χ2v) is 6.25. The SMILES string of the molecule is CN(CCc1ccccc1)Cc1nc(Cc2ccccc2Cl)no1. The Morgan fingerprint density at radius 3 is 2.58 bits per heavy atom. The number of hydrogen-bond acceptors (Lipinski definition) is 4. The van der Waals surface area contributed by atoms with Gasteiger partial charge in [0.1, 0.15) is 0 Å². The van der Waals surface area contributed by atoms with Crippen LogP contribution < -0.4 is 0 Å². The molecule has 3 rings (SSSR count). The molecule has 0 aliphatic heterocycles. The Morgan fingerprint density at radius 2 is 1.79 bits per heavy atom. The van der Waals surface area contributed by atoms with Gasteiger partial charge in [-0.25, -0.2) is 0 Å². The molecular weight excluding hydrogens is 322 g/mol. The number of nitrogens with zero attached hydrogens (tertiary/aromatic N) is 3. The number of aromatic nitrogens is 2. The van der Waals surface area contributed by atoms with Crippen molar-refractivity contribution in [2.45, 2.75) is 19.4 Å². The Kier molecular flexibility index (Phi) is 5.62. The van der Waals surface area contributed by atoms with Crippen LogP contribution in [0.25, 0.3) is 0 Å². The Balaban J connectivity index is 1.53. The smallest absolute Gasteiger partial charge is 0.240 e. The molecule has 24 heavy (non-hydrogen) atoms. The van der Waals surface area contributed by atoms with Gasteiger partial charge in [-0.1, -0.05) is 65.3 Å². The lowest BCUT2D eigenvalue weighted by Gasteiger charge is -2.13. The fourth-order valence-electron chi connectivity index (χ4n) is 2.51. The van der Waals surface area contributed by atoms with Crippen molar-refractivity contribution < 1.29 is 4.52 Å². The first kappa shape index (κ1) is 16.7. The summed E-state index contributed by atoms with van der Waals surface area (Å²) in [7, 11) is 2.06. The maximum absolute atomic E-state index is 6.17. The number of likely N-dealkylation sites (N-methyl/N-ethyl adjacent to an activating group) is 1. The molecule has 3 aromatic rings. The molecule has 0 aliphatic rings. The highest BCUT2D eigenvalue weighted by Gasteiger charge is 2.11. The summed E-state index contributed by atoms with van der Waals surface area (Å²) in [5.74, 6) is 1.29. The van der Waals surface area contributed by atoms with E-state index in [0.717, 1.165) is 23.6 Å². The number of hydrogen-bond donors (Lipinski definition) is 0. The number of benzene rings is 2. The molecule has 0 radical (unpaired) electrons. The zero-order chi connectivity index (χ0) is 16.8. The molecule has 1 heterocycles. The van der Waals surface area contributed by atoms with E-state index in [2.05, 4.69) is 46.4 Å². The molecule has 0 spiro atoms. The molecule has 1 aromatic heterocycles. The molecule has 0 aliphatic carbocycles. The van der Waals surface area contributed by atoms with Crippen LogP contribution in [-0.2, 0) is 19.4 Å². The second-order valence-electron chi connectivity index (χ2n) is 5.85. The molecule has 0 saturated carbocycles. The van der Waals surface area contributed by atoms with E-state index in [4.69, 9.17) is 16.1 Å². The summed E-state index contributed by atoms with van der Waals surface area (Å²) >= 11 is 6.17. The van der Waals surface area contributed by atoms with Crippen LogP contribution in [-0.4, -0.2) is 28.6 Å². The van der Waals surface area contributed by atoms with Gasteiger partial charge in [0.2, 0.25) is 5.89 Å². The summed E-state index contributed by atoms with van der Waals surface area (Å²) in [6.45, 7) is 1.58. The fraction of sp³-hybridized carbons (Fsp3) is 0.263. The molecular formula is C19H20ClN3O. The monoisotopic (exact) mass is 341 g/mol.